The number of nitrogens with zero attached hydrogens (tertiary/aromatic N) is 1. The molecule has 0 amide bonds. The molecule has 0 saturated carbocycles. The standard InChI is InChI=1S/C55H35NS/c1-2-15-37(16-3-1)45-33-39-18-4-5-19-40(39)34-51(45)56(50-29-14-20-36-17-6-7-23-42(36)50)41-31-32-53-49(35-41)55(47-27-10-11-30-52(47)57-53)46-26-9-8-24-43(46)44-25-12-21-38-22-13-28-48(55)54(38)44/h1-35H. The smallest absolute Gasteiger partial charge is 0.0736 e. The number of hydrogen-bond donors (Lipinski definition) is 0. The summed E-state index contributed by atoms with van der Waals surface area (Å²) in [5.74, 6) is 0. The van der Waals surface area contributed by atoms with E-state index in [9.17, 15) is 0 Å². The van der Waals surface area contributed by atoms with E-state index in [1.54, 1.807) is 0 Å². The quantitative estimate of drug-likeness (QED) is 0.177. The molecule has 0 bridgehead atoms. The van der Waals surface area contributed by atoms with Crippen LogP contribution in [0.15, 0.2) is 222 Å². The van der Waals surface area contributed by atoms with Crippen molar-refractivity contribution in [1.82, 2.24) is 0 Å². The highest BCUT2D eigenvalue weighted by Gasteiger charge is 2.48. The maximum Gasteiger partial charge on any atom is 0.0736 e. The SMILES string of the molecule is c1ccc(-c2cc3ccccc3cc2N(c2ccc3c(c2)C2(c4ccccc4S3)c3ccccc3-c3cccc4cccc2c34)c2cccc3ccccc23)cc1. The van der Waals surface area contributed by atoms with E-state index in [1.807, 2.05) is 11.8 Å². The van der Waals surface area contributed by atoms with Gasteiger partial charge >= 0.3 is 0 Å². The Bertz CT molecular complexity index is 3230. The normalized spacial score (nSPS) is 15.0. The summed E-state index contributed by atoms with van der Waals surface area (Å²) in [7, 11) is 0. The monoisotopic (exact) mass is 741 g/mol. The average Bonchev–Trinajstić information content (AvgIpc) is 3.28. The average molecular weight is 742 g/mol. The molecule has 1 unspecified atom stereocenters. The molecule has 10 aromatic rings. The van der Waals surface area contributed by atoms with Crippen molar-refractivity contribution in [2.24, 2.45) is 0 Å². The highest BCUT2D eigenvalue weighted by molar-refractivity contribution is 7.99. The summed E-state index contributed by atoms with van der Waals surface area (Å²) in [6.45, 7) is 0. The van der Waals surface area contributed by atoms with Gasteiger partial charge < -0.3 is 4.90 Å². The van der Waals surface area contributed by atoms with Crippen molar-refractivity contribution in [3.05, 3.63) is 235 Å². The lowest BCUT2D eigenvalue weighted by molar-refractivity contribution is 0.707. The Morgan fingerprint density at radius 2 is 0.965 bits per heavy atom. The van der Waals surface area contributed by atoms with Crippen LogP contribution in [0, 0.1) is 0 Å². The summed E-state index contributed by atoms with van der Waals surface area (Å²) >= 11 is 1.89. The second kappa shape index (κ2) is 12.6. The number of benzene rings is 10. The second-order valence-electron chi connectivity index (χ2n) is 15.2. The zero-order valence-electron chi connectivity index (χ0n) is 31.1. The molecule has 1 atom stereocenters. The zero-order chi connectivity index (χ0) is 37.5. The topological polar surface area (TPSA) is 3.24 Å². The van der Waals surface area contributed by atoms with Crippen molar-refractivity contribution < 1.29 is 0 Å². The van der Waals surface area contributed by atoms with Gasteiger partial charge in [-0.25, -0.2) is 0 Å². The van der Waals surface area contributed by atoms with E-state index in [0.29, 0.717) is 0 Å². The maximum absolute atomic E-state index is 2.53. The van der Waals surface area contributed by atoms with Gasteiger partial charge in [0, 0.05) is 26.4 Å². The third-order valence-corrected chi connectivity index (χ3v) is 13.4. The van der Waals surface area contributed by atoms with Gasteiger partial charge in [-0.2, -0.15) is 0 Å². The zero-order valence-corrected chi connectivity index (χ0v) is 31.9. The van der Waals surface area contributed by atoms with Gasteiger partial charge in [0.25, 0.3) is 0 Å². The molecule has 12 rings (SSSR count). The highest BCUT2D eigenvalue weighted by Crippen LogP contribution is 2.62. The minimum absolute atomic E-state index is 0.548. The van der Waals surface area contributed by atoms with Crippen molar-refractivity contribution in [2.45, 2.75) is 15.2 Å². The maximum atomic E-state index is 2.53. The fourth-order valence-electron chi connectivity index (χ4n) is 9.89. The van der Waals surface area contributed by atoms with Crippen LogP contribution in [0.4, 0.5) is 17.1 Å². The van der Waals surface area contributed by atoms with Crippen molar-refractivity contribution in [1.29, 1.82) is 0 Å². The van der Waals surface area contributed by atoms with E-state index in [1.165, 1.54) is 86.6 Å². The number of hydrogen-bond acceptors (Lipinski definition) is 2. The summed E-state index contributed by atoms with van der Waals surface area (Å²) < 4.78 is 0. The van der Waals surface area contributed by atoms with Crippen LogP contribution >= 0.6 is 11.8 Å². The molecule has 2 aliphatic rings. The van der Waals surface area contributed by atoms with Crippen LogP contribution in [0.3, 0.4) is 0 Å². The van der Waals surface area contributed by atoms with Gasteiger partial charge in [0.15, 0.2) is 0 Å². The predicted octanol–water partition coefficient (Wildman–Crippen LogP) is 15.1. The first-order valence-corrected chi connectivity index (χ1v) is 20.5. The molecular weight excluding hydrogens is 707 g/mol. The lowest BCUT2D eigenvalue weighted by Crippen LogP contribution is -2.36. The Morgan fingerprint density at radius 1 is 0.351 bits per heavy atom. The minimum atomic E-state index is -0.548. The van der Waals surface area contributed by atoms with Gasteiger partial charge in [-0.05, 0) is 108 Å². The van der Waals surface area contributed by atoms with Crippen molar-refractivity contribution >= 4 is 61.1 Å². The fourth-order valence-corrected chi connectivity index (χ4v) is 11.1. The van der Waals surface area contributed by atoms with E-state index in [4.69, 9.17) is 0 Å². The van der Waals surface area contributed by atoms with Gasteiger partial charge in [-0.15, -0.1) is 0 Å². The van der Waals surface area contributed by atoms with Crippen molar-refractivity contribution in [2.75, 3.05) is 4.90 Å². The van der Waals surface area contributed by atoms with Gasteiger partial charge in [0.2, 0.25) is 0 Å². The van der Waals surface area contributed by atoms with E-state index >= 15 is 0 Å². The Hall–Kier alpha value is -6.87. The third kappa shape index (κ3) is 4.72. The lowest BCUT2D eigenvalue weighted by Gasteiger charge is -2.46. The van der Waals surface area contributed by atoms with Crippen LogP contribution in [-0.4, -0.2) is 0 Å². The van der Waals surface area contributed by atoms with Crippen LogP contribution < -0.4 is 4.90 Å². The van der Waals surface area contributed by atoms with E-state index in [-0.39, 0.29) is 0 Å². The Labute approximate surface area is 336 Å². The van der Waals surface area contributed by atoms with Gasteiger partial charge in [0.05, 0.1) is 16.8 Å². The molecule has 1 aliphatic heterocycles. The molecule has 0 saturated heterocycles. The van der Waals surface area contributed by atoms with Crippen molar-refractivity contribution in [3.8, 4) is 22.3 Å². The lowest BCUT2D eigenvalue weighted by atomic mass is 9.59. The van der Waals surface area contributed by atoms with Crippen LogP contribution in [0.1, 0.15) is 22.3 Å². The summed E-state index contributed by atoms with van der Waals surface area (Å²) in [4.78, 5) is 5.11. The van der Waals surface area contributed by atoms with Gasteiger partial charge in [-0.1, -0.05) is 182 Å². The summed E-state index contributed by atoms with van der Waals surface area (Å²) in [5.41, 5.74) is 13.2. The number of fused-ring (bicyclic) bond motifs is 10. The third-order valence-electron chi connectivity index (χ3n) is 12.3. The largest absolute Gasteiger partial charge is 0.309 e. The molecule has 57 heavy (non-hydrogen) atoms. The molecule has 1 nitrogen and oxygen atoms in total. The Morgan fingerprint density at radius 3 is 1.84 bits per heavy atom. The molecule has 266 valence electrons. The first kappa shape index (κ1) is 32.4. The first-order valence-electron chi connectivity index (χ1n) is 19.7. The van der Waals surface area contributed by atoms with Crippen LogP contribution in [-0.2, 0) is 5.41 Å². The molecule has 0 radical (unpaired) electrons. The van der Waals surface area contributed by atoms with E-state index in [0.717, 1.165) is 17.1 Å². The fraction of sp³-hybridized carbons (Fsp3) is 0.0182. The van der Waals surface area contributed by atoms with Gasteiger partial charge in [0.1, 0.15) is 0 Å². The molecule has 10 aromatic carbocycles. The molecule has 1 heterocycles. The molecule has 1 aliphatic carbocycles. The summed E-state index contributed by atoms with van der Waals surface area (Å²) in [6.07, 6.45) is 0. The summed E-state index contributed by atoms with van der Waals surface area (Å²) in [6, 6.07) is 79.1. The van der Waals surface area contributed by atoms with E-state index < -0.39 is 5.41 Å². The highest BCUT2D eigenvalue weighted by atomic mass is 32.2. The van der Waals surface area contributed by atoms with E-state index in [2.05, 4.69) is 217 Å². The Kier molecular flexibility index (Phi) is 7.14. The second-order valence-corrected chi connectivity index (χ2v) is 16.3. The first-order chi connectivity index (χ1) is 28.3. The Balaban J connectivity index is 1.22. The molecule has 2 heteroatoms. The molecule has 1 spiro atoms. The molecular formula is C55H35NS. The van der Waals surface area contributed by atoms with Crippen LogP contribution in [0.25, 0.3) is 54.6 Å². The van der Waals surface area contributed by atoms with Crippen LogP contribution in [0.5, 0.6) is 0 Å². The predicted molar refractivity (Wildman–Crippen MR) is 241 cm³/mol. The molecule has 0 fully saturated rings. The molecule has 0 N–H and O–H groups in total. The number of anilines is 3. The molecule has 0 aromatic heterocycles. The van der Waals surface area contributed by atoms with Gasteiger partial charge in [-0.3, -0.25) is 0 Å². The number of rotatable bonds is 4. The minimum Gasteiger partial charge on any atom is -0.309 e. The van der Waals surface area contributed by atoms with Crippen LogP contribution in [0.2, 0.25) is 0 Å². The van der Waals surface area contributed by atoms with Crippen molar-refractivity contribution in [3.63, 3.8) is 0 Å². The summed E-state index contributed by atoms with van der Waals surface area (Å²) in [5, 5.41) is 7.46.